The van der Waals surface area contributed by atoms with Gasteiger partial charge in [0.25, 0.3) is 11.7 Å². The predicted molar refractivity (Wildman–Crippen MR) is 128 cm³/mol. The molecule has 0 aliphatic carbocycles. The number of likely N-dealkylation sites (tertiary alicyclic amines) is 1. The van der Waals surface area contributed by atoms with E-state index in [2.05, 4.69) is 0 Å². The fourth-order valence-electron chi connectivity index (χ4n) is 4.11. The van der Waals surface area contributed by atoms with Crippen LogP contribution in [0.2, 0.25) is 0 Å². The van der Waals surface area contributed by atoms with E-state index in [1.165, 1.54) is 17.0 Å². The minimum atomic E-state index is -0.756. The number of aliphatic hydroxyl groups is 1. The Morgan fingerprint density at radius 1 is 0.971 bits per heavy atom. The largest absolute Gasteiger partial charge is 0.507 e. The number of nitrogens with zero attached hydrogens (tertiary/aromatic N) is 1. The van der Waals surface area contributed by atoms with Crippen molar-refractivity contribution in [3.05, 3.63) is 107 Å². The van der Waals surface area contributed by atoms with E-state index in [4.69, 9.17) is 4.74 Å². The minimum absolute atomic E-state index is 0.00488. The molecule has 5 nitrogen and oxygen atoms in total. The lowest BCUT2D eigenvalue weighted by Gasteiger charge is -2.25. The highest BCUT2D eigenvalue weighted by molar-refractivity contribution is 6.46. The molecule has 1 N–H and O–H groups in total. The summed E-state index contributed by atoms with van der Waals surface area (Å²) in [6, 6.07) is 21.2. The quantitative estimate of drug-likeness (QED) is 0.297. The Balaban J connectivity index is 1.73. The number of carbonyl (C=O) groups excluding carboxylic acids is 2. The van der Waals surface area contributed by atoms with E-state index in [0.717, 1.165) is 5.56 Å². The normalized spacial score (nSPS) is 17.4. The van der Waals surface area contributed by atoms with Crippen LogP contribution in [0, 0.1) is 5.82 Å². The van der Waals surface area contributed by atoms with Crippen molar-refractivity contribution in [3.63, 3.8) is 0 Å². The van der Waals surface area contributed by atoms with Crippen LogP contribution in [0.3, 0.4) is 0 Å². The molecule has 174 valence electrons. The zero-order valence-electron chi connectivity index (χ0n) is 19.1. The summed E-state index contributed by atoms with van der Waals surface area (Å²) in [4.78, 5) is 27.6. The third-order valence-corrected chi connectivity index (χ3v) is 5.71. The molecule has 4 rings (SSSR count). The van der Waals surface area contributed by atoms with Crippen molar-refractivity contribution in [2.75, 3.05) is 6.54 Å². The highest BCUT2D eigenvalue weighted by Gasteiger charge is 2.45. The van der Waals surface area contributed by atoms with Crippen molar-refractivity contribution in [1.29, 1.82) is 0 Å². The Labute approximate surface area is 198 Å². The standard InChI is InChI=1S/C28H26FNO4/c1-18(2)34-23-14-10-20(11-15-23)25-24(26(31)21-6-4-3-5-7-21)27(32)28(33)30(25)17-16-19-8-12-22(29)13-9-19/h3-15,18,25,31H,16-17H2,1-2H3/b26-24-. The maximum Gasteiger partial charge on any atom is 0.295 e. The van der Waals surface area contributed by atoms with E-state index < -0.39 is 17.7 Å². The number of hydrogen-bond acceptors (Lipinski definition) is 4. The molecule has 34 heavy (non-hydrogen) atoms. The van der Waals surface area contributed by atoms with Gasteiger partial charge in [0.1, 0.15) is 17.3 Å². The number of carbonyl (C=O) groups is 2. The summed E-state index contributed by atoms with van der Waals surface area (Å²) < 4.78 is 19.0. The van der Waals surface area contributed by atoms with E-state index in [-0.39, 0.29) is 29.8 Å². The van der Waals surface area contributed by atoms with Gasteiger partial charge in [-0.1, -0.05) is 54.6 Å². The molecule has 1 aliphatic rings. The zero-order chi connectivity index (χ0) is 24.2. The average molecular weight is 460 g/mol. The Hall–Kier alpha value is -3.93. The molecule has 0 saturated carbocycles. The van der Waals surface area contributed by atoms with E-state index in [1.807, 2.05) is 19.9 Å². The van der Waals surface area contributed by atoms with Gasteiger partial charge in [0.2, 0.25) is 0 Å². The van der Waals surface area contributed by atoms with Crippen LogP contribution in [0.15, 0.2) is 84.4 Å². The molecule has 1 atom stereocenters. The third-order valence-electron chi connectivity index (χ3n) is 5.71. The van der Waals surface area contributed by atoms with Crippen molar-refractivity contribution in [2.45, 2.75) is 32.4 Å². The van der Waals surface area contributed by atoms with Gasteiger partial charge in [0, 0.05) is 12.1 Å². The lowest BCUT2D eigenvalue weighted by Crippen LogP contribution is -2.31. The number of ether oxygens (including phenoxy) is 1. The number of Topliss-reactive ketones (excluding diaryl/α,β-unsaturated/α-hetero) is 1. The lowest BCUT2D eigenvalue weighted by atomic mass is 9.95. The molecule has 0 bridgehead atoms. The number of benzene rings is 3. The molecule has 3 aromatic carbocycles. The molecule has 0 radical (unpaired) electrons. The molecular formula is C28H26FNO4. The summed E-state index contributed by atoms with van der Waals surface area (Å²) >= 11 is 0. The first kappa shape index (κ1) is 23.2. The van der Waals surface area contributed by atoms with E-state index in [0.29, 0.717) is 23.3 Å². The van der Waals surface area contributed by atoms with E-state index >= 15 is 0 Å². The van der Waals surface area contributed by atoms with Gasteiger partial charge in [-0.3, -0.25) is 9.59 Å². The lowest BCUT2D eigenvalue weighted by molar-refractivity contribution is -0.139. The molecule has 1 amide bonds. The van der Waals surface area contributed by atoms with Crippen molar-refractivity contribution in [2.24, 2.45) is 0 Å². The van der Waals surface area contributed by atoms with Gasteiger partial charge >= 0.3 is 0 Å². The van der Waals surface area contributed by atoms with Gasteiger partial charge in [-0.05, 0) is 55.7 Å². The number of aliphatic hydroxyl groups excluding tert-OH is 1. The van der Waals surface area contributed by atoms with Gasteiger partial charge in [0.05, 0.1) is 17.7 Å². The molecule has 1 aliphatic heterocycles. The Bertz CT molecular complexity index is 1200. The molecule has 3 aromatic rings. The SMILES string of the molecule is CC(C)Oc1ccc(C2/C(=C(/O)c3ccccc3)C(=O)C(=O)N2CCc2ccc(F)cc2)cc1. The fourth-order valence-corrected chi connectivity index (χ4v) is 4.11. The van der Waals surface area contributed by atoms with Crippen molar-refractivity contribution in [3.8, 4) is 5.75 Å². The van der Waals surface area contributed by atoms with Gasteiger partial charge < -0.3 is 14.7 Å². The molecule has 1 saturated heterocycles. The summed E-state index contributed by atoms with van der Waals surface area (Å²) in [6.07, 6.45) is 0.439. The predicted octanol–water partition coefficient (Wildman–Crippen LogP) is 5.28. The minimum Gasteiger partial charge on any atom is -0.507 e. The average Bonchev–Trinajstić information content (AvgIpc) is 3.09. The molecule has 1 unspecified atom stereocenters. The maximum atomic E-state index is 13.3. The highest BCUT2D eigenvalue weighted by Crippen LogP contribution is 2.39. The second-order valence-electron chi connectivity index (χ2n) is 8.47. The second kappa shape index (κ2) is 9.91. The van der Waals surface area contributed by atoms with Crippen LogP contribution < -0.4 is 4.74 Å². The zero-order valence-corrected chi connectivity index (χ0v) is 19.1. The second-order valence-corrected chi connectivity index (χ2v) is 8.47. The molecule has 6 heteroatoms. The van der Waals surface area contributed by atoms with Crippen LogP contribution in [0.1, 0.15) is 36.6 Å². The molecule has 1 heterocycles. The Morgan fingerprint density at radius 2 is 1.62 bits per heavy atom. The molecule has 0 spiro atoms. The van der Waals surface area contributed by atoms with Crippen molar-refractivity contribution < 1.29 is 23.8 Å². The Kier molecular flexibility index (Phi) is 6.77. The number of halogens is 1. The molecular weight excluding hydrogens is 433 g/mol. The first-order valence-corrected chi connectivity index (χ1v) is 11.2. The summed E-state index contributed by atoms with van der Waals surface area (Å²) in [5.74, 6) is -1.28. The first-order valence-electron chi connectivity index (χ1n) is 11.2. The van der Waals surface area contributed by atoms with Crippen molar-refractivity contribution >= 4 is 17.4 Å². The summed E-state index contributed by atoms with van der Waals surface area (Å²) in [5.41, 5.74) is 2.04. The smallest absolute Gasteiger partial charge is 0.295 e. The first-order chi connectivity index (χ1) is 16.3. The number of amides is 1. The number of ketones is 1. The van der Waals surface area contributed by atoms with Crippen LogP contribution in [-0.4, -0.2) is 34.3 Å². The number of hydrogen-bond donors (Lipinski definition) is 1. The summed E-state index contributed by atoms with van der Waals surface area (Å²) in [7, 11) is 0. The molecule has 1 fully saturated rings. The maximum absolute atomic E-state index is 13.3. The van der Waals surface area contributed by atoms with Gasteiger partial charge in [0.15, 0.2) is 0 Å². The van der Waals surface area contributed by atoms with Gasteiger partial charge in [-0.2, -0.15) is 0 Å². The van der Waals surface area contributed by atoms with E-state index in [9.17, 15) is 19.1 Å². The van der Waals surface area contributed by atoms with Crippen molar-refractivity contribution in [1.82, 2.24) is 4.90 Å². The summed E-state index contributed by atoms with van der Waals surface area (Å²) in [5, 5.41) is 11.1. The Morgan fingerprint density at radius 3 is 2.24 bits per heavy atom. The van der Waals surface area contributed by atoms with Crippen LogP contribution in [-0.2, 0) is 16.0 Å². The molecule has 0 aromatic heterocycles. The summed E-state index contributed by atoms with van der Waals surface area (Å²) in [6.45, 7) is 4.09. The van der Waals surface area contributed by atoms with Crippen LogP contribution >= 0.6 is 0 Å². The number of rotatable bonds is 7. The van der Waals surface area contributed by atoms with Crippen LogP contribution in [0.4, 0.5) is 4.39 Å². The monoisotopic (exact) mass is 459 g/mol. The fraction of sp³-hybridized carbons (Fsp3) is 0.214. The topological polar surface area (TPSA) is 66.8 Å². The van der Waals surface area contributed by atoms with Gasteiger partial charge in [-0.15, -0.1) is 0 Å². The third kappa shape index (κ3) is 4.86. The highest BCUT2D eigenvalue weighted by atomic mass is 19.1. The van der Waals surface area contributed by atoms with Crippen LogP contribution in [0.5, 0.6) is 5.75 Å². The van der Waals surface area contributed by atoms with Gasteiger partial charge in [-0.25, -0.2) is 4.39 Å². The van der Waals surface area contributed by atoms with E-state index in [1.54, 1.807) is 60.7 Å². The van der Waals surface area contributed by atoms with Crippen LogP contribution in [0.25, 0.3) is 5.76 Å².